The van der Waals surface area contributed by atoms with Gasteiger partial charge in [0, 0.05) is 12.6 Å². The lowest BCUT2D eigenvalue weighted by atomic mass is 9.89. The van der Waals surface area contributed by atoms with Gasteiger partial charge in [0.2, 0.25) is 5.91 Å². The Hall–Kier alpha value is -2.27. The predicted octanol–water partition coefficient (Wildman–Crippen LogP) is 3.21. The molecular formula is C21H22F2N2O. The summed E-state index contributed by atoms with van der Waals surface area (Å²) in [6.07, 6.45) is 2.11. The average Bonchev–Trinajstić information content (AvgIpc) is 3.24. The Morgan fingerprint density at radius 1 is 0.923 bits per heavy atom. The molecule has 1 aliphatic heterocycles. The van der Waals surface area contributed by atoms with Gasteiger partial charge < -0.3 is 10.6 Å². The lowest BCUT2D eigenvalue weighted by molar-refractivity contribution is -0.122. The molecule has 3 atom stereocenters. The molecule has 3 nitrogen and oxygen atoms in total. The molecule has 0 spiro atoms. The van der Waals surface area contributed by atoms with Gasteiger partial charge in [0.05, 0.1) is 5.92 Å². The second-order valence-corrected chi connectivity index (χ2v) is 7.31. The molecule has 1 amide bonds. The minimum atomic E-state index is -0.579. The van der Waals surface area contributed by atoms with Crippen LogP contribution in [0.3, 0.4) is 0 Å². The van der Waals surface area contributed by atoms with Crippen molar-refractivity contribution < 1.29 is 13.6 Å². The Bertz CT molecular complexity index is 730. The molecule has 2 aliphatic rings. The molecule has 2 fully saturated rings. The molecule has 1 saturated carbocycles. The number of amides is 1. The smallest absolute Gasteiger partial charge is 0.232 e. The second-order valence-electron chi connectivity index (χ2n) is 7.31. The highest BCUT2D eigenvalue weighted by Crippen LogP contribution is 2.35. The van der Waals surface area contributed by atoms with Gasteiger partial charge in [0.15, 0.2) is 0 Å². The van der Waals surface area contributed by atoms with E-state index in [1.165, 1.54) is 24.3 Å². The van der Waals surface area contributed by atoms with Crippen LogP contribution in [0.2, 0.25) is 0 Å². The minimum absolute atomic E-state index is 0.110. The molecule has 1 heterocycles. The summed E-state index contributed by atoms with van der Waals surface area (Å²) >= 11 is 0. The highest BCUT2D eigenvalue weighted by atomic mass is 19.1. The molecule has 0 unspecified atom stereocenters. The van der Waals surface area contributed by atoms with E-state index in [0.717, 1.165) is 25.9 Å². The zero-order valence-corrected chi connectivity index (χ0v) is 14.4. The predicted molar refractivity (Wildman–Crippen MR) is 95.7 cm³/mol. The number of fused-ring (bicyclic) bond motifs is 1. The van der Waals surface area contributed by atoms with Crippen molar-refractivity contribution in [2.75, 3.05) is 13.1 Å². The number of carbonyl (C=O) groups is 1. The second kappa shape index (κ2) is 7.16. The number of nitrogens with one attached hydrogen (secondary N) is 2. The number of halogens is 2. The van der Waals surface area contributed by atoms with Crippen molar-refractivity contribution in [2.24, 2.45) is 11.8 Å². The zero-order chi connectivity index (χ0) is 18.1. The van der Waals surface area contributed by atoms with Gasteiger partial charge in [0.1, 0.15) is 11.6 Å². The van der Waals surface area contributed by atoms with Gasteiger partial charge in [-0.25, -0.2) is 8.78 Å². The molecule has 4 rings (SSSR count). The van der Waals surface area contributed by atoms with Crippen LogP contribution in [0.5, 0.6) is 0 Å². The highest BCUT2D eigenvalue weighted by Gasteiger charge is 2.40. The Labute approximate surface area is 151 Å². The molecule has 1 saturated heterocycles. The fraction of sp³-hybridized carbons (Fsp3) is 0.381. The quantitative estimate of drug-likeness (QED) is 0.883. The maximum atomic E-state index is 13.3. The summed E-state index contributed by atoms with van der Waals surface area (Å²) in [5.74, 6) is -0.271. The first-order valence-electron chi connectivity index (χ1n) is 9.14. The Morgan fingerprint density at radius 2 is 1.50 bits per heavy atom. The van der Waals surface area contributed by atoms with Gasteiger partial charge in [-0.3, -0.25) is 4.79 Å². The van der Waals surface area contributed by atoms with E-state index < -0.39 is 5.92 Å². The van der Waals surface area contributed by atoms with Crippen LogP contribution < -0.4 is 10.6 Å². The van der Waals surface area contributed by atoms with E-state index in [1.807, 2.05) is 0 Å². The molecule has 5 heteroatoms. The highest BCUT2D eigenvalue weighted by molar-refractivity contribution is 5.87. The van der Waals surface area contributed by atoms with Crippen molar-refractivity contribution >= 4 is 5.91 Å². The average molecular weight is 356 g/mol. The number of rotatable bonds is 4. The summed E-state index contributed by atoms with van der Waals surface area (Å²) in [6, 6.07) is 12.1. The van der Waals surface area contributed by atoms with Crippen LogP contribution in [-0.2, 0) is 4.79 Å². The van der Waals surface area contributed by atoms with Gasteiger partial charge in [-0.1, -0.05) is 24.3 Å². The summed E-state index contributed by atoms with van der Waals surface area (Å²) < 4.78 is 26.6. The van der Waals surface area contributed by atoms with Crippen LogP contribution in [0, 0.1) is 23.5 Å². The van der Waals surface area contributed by atoms with Crippen molar-refractivity contribution in [3.63, 3.8) is 0 Å². The molecule has 2 N–H and O–H groups in total. The fourth-order valence-electron chi connectivity index (χ4n) is 4.40. The molecule has 136 valence electrons. The lowest BCUT2D eigenvalue weighted by Gasteiger charge is -2.24. The Kier molecular flexibility index (Phi) is 4.72. The number of hydrogen-bond donors (Lipinski definition) is 2. The van der Waals surface area contributed by atoms with Crippen LogP contribution in [0.15, 0.2) is 48.5 Å². The SMILES string of the molecule is O=C(N[C@H]1CC[C@@H]2CNC[C@@H]21)C(c1ccc(F)cc1)c1ccc(F)cc1. The van der Waals surface area contributed by atoms with E-state index in [1.54, 1.807) is 24.3 Å². The molecule has 2 aromatic rings. The molecule has 2 aromatic carbocycles. The van der Waals surface area contributed by atoms with E-state index in [9.17, 15) is 13.6 Å². The number of benzene rings is 2. The Balaban J connectivity index is 1.60. The summed E-state index contributed by atoms with van der Waals surface area (Å²) in [7, 11) is 0. The van der Waals surface area contributed by atoms with E-state index in [2.05, 4.69) is 10.6 Å². The first-order valence-corrected chi connectivity index (χ1v) is 9.14. The molecule has 0 aromatic heterocycles. The van der Waals surface area contributed by atoms with Gasteiger partial charge >= 0.3 is 0 Å². The topological polar surface area (TPSA) is 41.1 Å². The number of hydrogen-bond acceptors (Lipinski definition) is 2. The standard InChI is InChI=1S/C21H22F2N2O/c22-16-6-1-13(2-7-16)20(14-3-8-17(23)9-4-14)21(26)25-19-10-5-15-11-24-12-18(15)19/h1-4,6-9,15,18-20,24H,5,10-12H2,(H,25,26)/t15-,18+,19+/m1/s1. The van der Waals surface area contributed by atoms with E-state index >= 15 is 0 Å². The molecular weight excluding hydrogens is 334 g/mol. The van der Waals surface area contributed by atoms with Crippen LogP contribution in [0.4, 0.5) is 8.78 Å². The summed E-state index contributed by atoms with van der Waals surface area (Å²) in [4.78, 5) is 13.1. The van der Waals surface area contributed by atoms with Crippen molar-refractivity contribution in [1.29, 1.82) is 0 Å². The van der Waals surface area contributed by atoms with Gasteiger partial charge in [0.25, 0.3) is 0 Å². The molecule has 1 aliphatic carbocycles. The fourth-order valence-corrected chi connectivity index (χ4v) is 4.40. The minimum Gasteiger partial charge on any atom is -0.352 e. The first kappa shape index (κ1) is 17.2. The van der Waals surface area contributed by atoms with Crippen molar-refractivity contribution in [3.05, 3.63) is 71.3 Å². The molecule has 0 radical (unpaired) electrons. The van der Waals surface area contributed by atoms with Gasteiger partial charge in [-0.2, -0.15) is 0 Å². The van der Waals surface area contributed by atoms with Crippen molar-refractivity contribution in [1.82, 2.24) is 10.6 Å². The monoisotopic (exact) mass is 356 g/mol. The maximum Gasteiger partial charge on any atom is 0.232 e. The Morgan fingerprint density at radius 3 is 2.08 bits per heavy atom. The van der Waals surface area contributed by atoms with Crippen molar-refractivity contribution in [2.45, 2.75) is 24.8 Å². The van der Waals surface area contributed by atoms with E-state index in [-0.39, 0.29) is 23.6 Å². The van der Waals surface area contributed by atoms with Crippen LogP contribution >= 0.6 is 0 Å². The largest absolute Gasteiger partial charge is 0.352 e. The van der Waals surface area contributed by atoms with Gasteiger partial charge in [-0.05, 0) is 66.6 Å². The third kappa shape index (κ3) is 3.36. The maximum absolute atomic E-state index is 13.3. The molecule has 26 heavy (non-hydrogen) atoms. The zero-order valence-electron chi connectivity index (χ0n) is 14.4. The third-order valence-corrected chi connectivity index (χ3v) is 5.75. The summed E-state index contributed by atoms with van der Waals surface area (Å²) in [5.41, 5.74) is 1.41. The van der Waals surface area contributed by atoms with E-state index in [4.69, 9.17) is 0 Å². The van der Waals surface area contributed by atoms with Crippen LogP contribution in [0.25, 0.3) is 0 Å². The van der Waals surface area contributed by atoms with E-state index in [0.29, 0.717) is 23.0 Å². The lowest BCUT2D eigenvalue weighted by Crippen LogP contribution is -2.42. The molecule has 0 bridgehead atoms. The third-order valence-electron chi connectivity index (χ3n) is 5.75. The van der Waals surface area contributed by atoms with Gasteiger partial charge in [-0.15, -0.1) is 0 Å². The van der Waals surface area contributed by atoms with Crippen LogP contribution in [-0.4, -0.2) is 25.0 Å². The van der Waals surface area contributed by atoms with Crippen LogP contribution in [0.1, 0.15) is 29.9 Å². The first-order chi connectivity index (χ1) is 12.6. The normalized spacial score (nSPS) is 24.7. The summed E-state index contributed by atoms with van der Waals surface area (Å²) in [5, 5.41) is 6.61. The number of carbonyl (C=O) groups excluding carboxylic acids is 1. The van der Waals surface area contributed by atoms with Crippen molar-refractivity contribution in [3.8, 4) is 0 Å². The summed E-state index contributed by atoms with van der Waals surface area (Å²) in [6.45, 7) is 1.96.